The van der Waals surface area contributed by atoms with Crippen LogP contribution in [0.4, 0.5) is 0 Å². The minimum absolute atomic E-state index is 0.113. The molecule has 0 unspecified atom stereocenters. The summed E-state index contributed by atoms with van der Waals surface area (Å²) in [7, 11) is 0. The molecule has 1 rings (SSSR count). The largest absolute Gasteiger partial charge is 0.272 e. The maximum Gasteiger partial charge on any atom is 0.183 e. The average Bonchev–Trinajstić information content (AvgIpc) is 2.66. The Bertz CT molecular complexity index is 249. The van der Waals surface area contributed by atoms with Gasteiger partial charge in [-0.2, -0.15) is 5.26 Å². The molecule has 78 valence electrons. The van der Waals surface area contributed by atoms with E-state index >= 15 is 0 Å². The summed E-state index contributed by atoms with van der Waals surface area (Å²) < 4.78 is 0. The molecule has 1 fully saturated rings. The fourth-order valence-electron chi connectivity index (χ4n) is 1.97. The van der Waals surface area contributed by atoms with E-state index in [1.165, 1.54) is 37.4 Å². The van der Waals surface area contributed by atoms with E-state index in [1.54, 1.807) is 0 Å². The van der Waals surface area contributed by atoms with E-state index in [2.05, 4.69) is 17.2 Å². The summed E-state index contributed by atoms with van der Waals surface area (Å²) in [6.45, 7) is 2.18. The second kappa shape index (κ2) is 5.26. The van der Waals surface area contributed by atoms with Gasteiger partial charge >= 0.3 is 0 Å². The number of nitrogens with one attached hydrogen (secondary N) is 1. The number of aliphatic imine (C=N–C) groups is 1. The van der Waals surface area contributed by atoms with Crippen LogP contribution in [0.1, 0.15) is 39.0 Å². The Labute approximate surface area is 90.0 Å². The summed E-state index contributed by atoms with van der Waals surface area (Å²) in [5.74, 6) is 0. The Morgan fingerprint density at radius 2 is 2.21 bits per heavy atom. The molecule has 0 saturated heterocycles. The molecule has 14 heavy (non-hydrogen) atoms. The summed E-state index contributed by atoms with van der Waals surface area (Å²) >= 11 is 1.51. The van der Waals surface area contributed by atoms with E-state index in [1.807, 2.05) is 12.4 Å². The van der Waals surface area contributed by atoms with Gasteiger partial charge in [0.25, 0.3) is 0 Å². The number of rotatable bonds is 2. The molecule has 0 heterocycles. The first-order chi connectivity index (χ1) is 6.76. The van der Waals surface area contributed by atoms with Crippen molar-refractivity contribution in [3.63, 3.8) is 0 Å². The van der Waals surface area contributed by atoms with Crippen LogP contribution in [0.2, 0.25) is 0 Å². The van der Waals surface area contributed by atoms with Gasteiger partial charge in [0.15, 0.2) is 11.4 Å². The Balaban J connectivity index is 2.74. The first-order valence-electron chi connectivity index (χ1n) is 5.05. The topological polar surface area (TPSA) is 48.2 Å². The zero-order chi connectivity index (χ0) is 10.4. The van der Waals surface area contributed by atoms with Gasteiger partial charge in [-0.15, -0.1) is 0 Å². The van der Waals surface area contributed by atoms with Crippen molar-refractivity contribution in [2.45, 2.75) is 44.6 Å². The van der Waals surface area contributed by atoms with Gasteiger partial charge < -0.3 is 0 Å². The molecule has 0 spiro atoms. The lowest BCUT2D eigenvalue weighted by Crippen LogP contribution is -2.26. The molecule has 0 atom stereocenters. The van der Waals surface area contributed by atoms with Crippen molar-refractivity contribution in [1.82, 2.24) is 5.32 Å². The summed E-state index contributed by atoms with van der Waals surface area (Å²) in [4.78, 5) is 4.68. The average molecular weight is 211 g/mol. The molecule has 1 N–H and O–H groups in total. The summed E-state index contributed by atoms with van der Waals surface area (Å²) in [6.07, 6.45) is 9.83. The van der Waals surface area contributed by atoms with Crippen molar-refractivity contribution in [3.8, 4) is 6.19 Å². The van der Waals surface area contributed by atoms with E-state index in [4.69, 9.17) is 5.26 Å². The van der Waals surface area contributed by atoms with Crippen LogP contribution in [0, 0.1) is 11.5 Å². The van der Waals surface area contributed by atoms with Gasteiger partial charge in [0.1, 0.15) is 0 Å². The highest BCUT2D eigenvalue weighted by Gasteiger charge is 2.31. The highest BCUT2D eigenvalue weighted by Crippen LogP contribution is 2.36. The predicted molar refractivity (Wildman–Crippen MR) is 61.2 cm³/mol. The third-order valence-electron chi connectivity index (χ3n) is 2.89. The molecule has 1 aliphatic rings. The fraction of sp³-hybridized carbons (Fsp3) is 0.800. The van der Waals surface area contributed by atoms with E-state index in [-0.39, 0.29) is 5.54 Å². The van der Waals surface area contributed by atoms with E-state index < -0.39 is 0 Å². The van der Waals surface area contributed by atoms with Crippen LogP contribution in [0.25, 0.3) is 0 Å². The normalized spacial score (nSPS) is 20.5. The second-order valence-electron chi connectivity index (χ2n) is 3.64. The monoisotopic (exact) mass is 211 g/mol. The molecule has 3 nitrogen and oxygen atoms in total. The number of nitriles is 1. The molecule has 1 saturated carbocycles. The van der Waals surface area contributed by atoms with Crippen molar-refractivity contribution in [3.05, 3.63) is 0 Å². The molecular weight excluding hydrogens is 194 g/mol. The molecule has 0 aromatic rings. The number of amidine groups is 1. The maximum atomic E-state index is 8.54. The van der Waals surface area contributed by atoms with Gasteiger partial charge in [0.2, 0.25) is 0 Å². The first kappa shape index (κ1) is 11.4. The van der Waals surface area contributed by atoms with Crippen molar-refractivity contribution in [2.75, 3.05) is 6.26 Å². The minimum Gasteiger partial charge on any atom is -0.272 e. The lowest BCUT2D eigenvalue weighted by Gasteiger charge is -2.23. The quantitative estimate of drug-likeness (QED) is 0.330. The highest BCUT2D eigenvalue weighted by molar-refractivity contribution is 8.13. The molecule has 0 amide bonds. The van der Waals surface area contributed by atoms with Crippen LogP contribution < -0.4 is 5.32 Å². The standard InChI is InChI=1S/C10H17N3S/c1-3-10(6-4-5-7-10)13-9(14-2)12-8-11/h3-7H2,1-2H3,(H,12,13). The van der Waals surface area contributed by atoms with Crippen LogP contribution in [-0.4, -0.2) is 17.0 Å². The SMILES string of the molecule is CCC1(N=C(NC#N)SC)CCCC1. The summed E-state index contributed by atoms with van der Waals surface area (Å²) in [5, 5.41) is 11.9. The van der Waals surface area contributed by atoms with Gasteiger partial charge in [-0.1, -0.05) is 31.5 Å². The van der Waals surface area contributed by atoms with Crippen LogP contribution in [0.15, 0.2) is 4.99 Å². The lowest BCUT2D eigenvalue weighted by molar-refractivity contribution is 0.428. The Morgan fingerprint density at radius 3 is 2.64 bits per heavy atom. The number of thioether (sulfide) groups is 1. The van der Waals surface area contributed by atoms with Crippen molar-refractivity contribution < 1.29 is 0 Å². The molecular formula is C10H17N3S. The van der Waals surface area contributed by atoms with Crippen LogP contribution in [0.5, 0.6) is 0 Å². The van der Waals surface area contributed by atoms with Crippen LogP contribution in [-0.2, 0) is 0 Å². The lowest BCUT2D eigenvalue weighted by atomic mass is 9.95. The van der Waals surface area contributed by atoms with Gasteiger partial charge in [0.05, 0.1) is 5.54 Å². The minimum atomic E-state index is 0.113. The molecule has 0 aromatic heterocycles. The fourth-order valence-corrected chi connectivity index (χ4v) is 2.40. The van der Waals surface area contributed by atoms with Crippen LogP contribution >= 0.6 is 11.8 Å². The van der Waals surface area contributed by atoms with Gasteiger partial charge in [-0.05, 0) is 25.5 Å². The Hall–Kier alpha value is -0.690. The molecule has 0 bridgehead atoms. The van der Waals surface area contributed by atoms with Gasteiger partial charge in [-0.25, -0.2) is 0 Å². The maximum absolute atomic E-state index is 8.54. The van der Waals surface area contributed by atoms with Gasteiger partial charge in [-0.3, -0.25) is 10.3 Å². The molecule has 0 aliphatic heterocycles. The molecule has 0 aromatic carbocycles. The highest BCUT2D eigenvalue weighted by atomic mass is 32.2. The van der Waals surface area contributed by atoms with Crippen molar-refractivity contribution in [2.24, 2.45) is 4.99 Å². The third kappa shape index (κ3) is 2.65. The van der Waals surface area contributed by atoms with E-state index in [0.717, 1.165) is 11.6 Å². The zero-order valence-corrected chi connectivity index (χ0v) is 9.65. The zero-order valence-electron chi connectivity index (χ0n) is 8.84. The molecule has 4 heteroatoms. The van der Waals surface area contributed by atoms with Gasteiger partial charge in [0, 0.05) is 0 Å². The second-order valence-corrected chi connectivity index (χ2v) is 4.44. The van der Waals surface area contributed by atoms with E-state index in [9.17, 15) is 0 Å². The Morgan fingerprint density at radius 1 is 1.57 bits per heavy atom. The molecule has 1 aliphatic carbocycles. The smallest absolute Gasteiger partial charge is 0.183 e. The van der Waals surface area contributed by atoms with Crippen LogP contribution in [0.3, 0.4) is 0 Å². The number of nitrogens with zero attached hydrogens (tertiary/aromatic N) is 2. The number of hydrogen-bond donors (Lipinski definition) is 1. The number of hydrogen-bond acceptors (Lipinski definition) is 3. The summed E-state index contributed by atoms with van der Waals surface area (Å²) in [5.41, 5.74) is 0.113. The third-order valence-corrected chi connectivity index (χ3v) is 3.47. The van der Waals surface area contributed by atoms with Crippen molar-refractivity contribution >= 4 is 16.9 Å². The molecule has 0 radical (unpaired) electrons. The first-order valence-corrected chi connectivity index (χ1v) is 6.28. The van der Waals surface area contributed by atoms with Crippen molar-refractivity contribution in [1.29, 1.82) is 5.26 Å². The summed E-state index contributed by atoms with van der Waals surface area (Å²) in [6, 6.07) is 0. The van der Waals surface area contributed by atoms with E-state index in [0.29, 0.717) is 0 Å². The predicted octanol–water partition coefficient (Wildman–Crippen LogP) is 2.50. The Kier molecular flexibility index (Phi) is 4.27.